The second-order valence-electron chi connectivity index (χ2n) is 6.05. The Bertz CT molecular complexity index is 720. The molecular formula is C20H22N2O3. The summed E-state index contributed by atoms with van der Waals surface area (Å²) < 4.78 is 4.88. The van der Waals surface area contributed by atoms with Crippen molar-refractivity contribution in [1.29, 1.82) is 0 Å². The number of rotatable bonds is 4. The molecule has 1 saturated heterocycles. The van der Waals surface area contributed by atoms with E-state index in [-0.39, 0.29) is 18.4 Å². The van der Waals surface area contributed by atoms with Crippen molar-refractivity contribution in [2.75, 3.05) is 39.9 Å². The molecule has 5 nitrogen and oxygen atoms in total. The maximum absolute atomic E-state index is 12.6. The van der Waals surface area contributed by atoms with Gasteiger partial charge in [-0.25, -0.2) is 0 Å². The first-order valence-corrected chi connectivity index (χ1v) is 8.40. The van der Waals surface area contributed by atoms with Gasteiger partial charge >= 0.3 is 0 Å². The topological polar surface area (TPSA) is 49.9 Å². The third-order valence-corrected chi connectivity index (χ3v) is 4.43. The van der Waals surface area contributed by atoms with E-state index in [2.05, 4.69) is 0 Å². The predicted molar refractivity (Wildman–Crippen MR) is 96.2 cm³/mol. The van der Waals surface area contributed by atoms with E-state index in [9.17, 15) is 9.59 Å². The van der Waals surface area contributed by atoms with E-state index < -0.39 is 0 Å². The number of amides is 2. The average Bonchev–Trinajstić information content (AvgIpc) is 2.68. The van der Waals surface area contributed by atoms with Crippen LogP contribution in [0.2, 0.25) is 0 Å². The molecule has 1 heterocycles. The fraction of sp³-hybridized carbons (Fsp3) is 0.300. The number of nitrogens with zero attached hydrogens (tertiary/aromatic N) is 2. The molecule has 3 rings (SSSR count). The maximum Gasteiger partial charge on any atom is 0.253 e. The van der Waals surface area contributed by atoms with Gasteiger partial charge in [-0.05, 0) is 23.3 Å². The molecule has 2 aromatic rings. The molecule has 0 N–H and O–H groups in total. The standard InChI is InChI=1S/C20H22N2O3/c1-25-15-19(23)21-11-13-22(14-12-21)20(24)18-9-7-17(8-10-18)16-5-3-2-4-6-16/h2-10H,11-15H2,1H3. The Balaban J connectivity index is 1.61. The van der Waals surface area contributed by atoms with E-state index >= 15 is 0 Å². The number of piperazine rings is 1. The summed E-state index contributed by atoms with van der Waals surface area (Å²) >= 11 is 0. The molecular weight excluding hydrogens is 316 g/mol. The summed E-state index contributed by atoms with van der Waals surface area (Å²) in [4.78, 5) is 28.0. The van der Waals surface area contributed by atoms with E-state index in [1.807, 2.05) is 54.6 Å². The van der Waals surface area contributed by atoms with E-state index in [1.165, 1.54) is 7.11 Å². The zero-order chi connectivity index (χ0) is 17.6. The molecule has 25 heavy (non-hydrogen) atoms. The smallest absolute Gasteiger partial charge is 0.253 e. The monoisotopic (exact) mass is 338 g/mol. The highest BCUT2D eigenvalue weighted by Gasteiger charge is 2.24. The van der Waals surface area contributed by atoms with Gasteiger partial charge in [0, 0.05) is 38.9 Å². The minimum atomic E-state index is -0.0261. The molecule has 2 amide bonds. The number of carbonyl (C=O) groups excluding carboxylic acids is 2. The summed E-state index contributed by atoms with van der Waals surface area (Å²) in [6, 6.07) is 17.8. The Morgan fingerprint density at radius 1 is 0.840 bits per heavy atom. The van der Waals surface area contributed by atoms with Crippen molar-refractivity contribution >= 4 is 11.8 Å². The predicted octanol–water partition coefficient (Wildman–Crippen LogP) is 2.28. The molecule has 1 fully saturated rings. The van der Waals surface area contributed by atoms with Crippen LogP contribution < -0.4 is 0 Å². The van der Waals surface area contributed by atoms with Crippen molar-refractivity contribution in [2.24, 2.45) is 0 Å². The van der Waals surface area contributed by atoms with E-state index in [1.54, 1.807) is 9.80 Å². The molecule has 1 aliphatic rings. The normalized spacial score (nSPS) is 14.4. The van der Waals surface area contributed by atoms with Gasteiger partial charge in [-0.1, -0.05) is 42.5 Å². The summed E-state index contributed by atoms with van der Waals surface area (Å²) in [5.41, 5.74) is 2.90. The Morgan fingerprint density at radius 3 is 2.00 bits per heavy atom. The Morgan fingerprint density at radius 2 is 1.40 bits per heavy atom. The number of hydrogen-bond acceptors (Lipinski definition) is 3. The van der Waals surface area contributed by atoms with Crippen molar-refractivity contribution < 1.29 is 14.3 Å². The fourth-order valence-corrected chi connectivity index (χ4v) is 2.99. The first-order chi connectivity index (χ1) is 12.2. The van der Waals surface area contributed by atoms with Gasteiger partial charge in [0.15, 0.2) is 0 Å². The summed E-state index contributed by atoms with van der Waals surface area (Å²) in [6.07, 6.45) is 0. The Hall–Kier alpha value is -2.66. The lowest BCUT2D eigenvalue weighted by molar-refractivity contribution is -0.136. The number of carbonyl (C=O) groups is 2. The quantitative estimate of drug-likeness (QED) is 0.859. The van der Waals surface area contributed by atoms with Gasteiger partial charge < -0.3 is 14.5 Å². The lowest BCUT2D eigenvalue weighted by Gasteiger charge is -2.34. The molecule has 2 aromatic carbocycles. The van der Waals surface area contributed by atoms with Gasteiger partial charge in [0.1, 0.15) is 6.61 Å². The molecule has 0 aromatic heterocycles. The third kappa shape index (κ3) is 4.06. The summed E-state index contributed by atoms with van der Waals surface area (Å²) in [5.74, 6) is -0.0136. The summed E-state index contributed by atoms with van der Waals surface area (Å²) in [5, 5.41) is 0. The van der Waals surface area contributed by atoms with Gasteiger partial charge in [0.2, 0.25) is 5.91 Å². The van der Waals surface area contributed by atoms with Gasteiger partial charge in [0.25, 0.3) is 5.91 Å². The molecule has 0 atom stereocenters. The molecule has 0 bridgehead atoms. The van der Waals surface area contributed by atoms with E-state index in [4.69, 9.17) is 4.74 Å². The number of methoxy groups -OCH3 is 1. The Labute approximate surface area is 147 Å². The van der Waals surface area contributed by atoms with Crippen LogP contribution in [0, 0.1) is 0 Å². The zero-order valence-corrected chi connectivity index (χ0v) is 14.4. The SMILES string of the molecule is COCC(=O)N1CCN(C(=O)c2ccc(-c3ccccc3)cc2)CC1. The van der Waals surface area contributed by atoms with Crippen LogP contribution in [0.15, 0.2) is 54.6 Å². The lowest BCUT2D eigenvalue weighted by atomic mass is 10.0. The highest BCUT2D eigenvalue weighted by Crippen LogP contribution is 2.20. The maximum atomic E-state index is 12.6. The van der Waals surface area contributed by atoms with Gasteiger partial charge in [-0.15, -0.1) is 0 Å². The molecule has 0 spiro atoms. The first-order valence-electron chi connectivity index (χ1n) is 8.40. The average molecular weight is 338 g/mol. The minimum absolute atomic E-state index is 0.0125. The highest BCUT2D eigenvalue weighted by atomic mass is 16.5. The third-order valence-electron chi connectivity index (χ3n) is 4.43. The van der Waals surface area contributed by atoms with Crippen molar-refractivity contribution in [3.8, 4) is 11.1 Å². The van der Waals surface area contributed by atoms with E-state index in [0.717, 1.165) is 11.1 Å². The summed E-state index contributed by atoms with van der Waals surface area (Å²) in [7, 11) is 1.51. The fourth-order valence-electron chi connectivity index (χ4n) is 2.99. The second kappa shape index (κ2) is 7.94. The molecule has 0 saturated carbocycles. The molecule has 0 aliphatic carbocycles. The van der Waals surface area contributed by atoms with Crippen LogP contribution in [0.5, 0.6) is 0 Å². The molecule has 0 unspecified atom stereocenters. The van der Waals surface area contributed by atoms with Crippen molar-refractivity contribution in [2.45, 2.75) is 0 Å². The molecule has 0 radical (unpaired) electrons. The van der Waals surface area contributed by atoms with Crippen molar-refractivity contribution in [3.05, 3.63) is 60.2 Å². The number of hydrogen-bond donors (Lipinski definition) is 0. The van der Waals surface area contributed by atoms with Crippen LogP contribution in [0.3, 0.4) is 0 Å². The highest BCUT2D eigenvalue weighted by molar-refractivity contribution is 5.95. The Kier molecular flexibility index (Phi) is 5.46. The van der Waals surface area contributed by atoms with Crippen LogP contribution in [0.25, 0.3) is 11.1 Å². The van der Waals surface area contributed by atoms with Crippen molar-refractivity contribution in [3.63, 3.8) is 0 Å². The van der Waals surface area contributed by atoms with Crippen LogP contribution >= 0.6 is 0 Å². The molecule has 5 heteroatoms. The van der Waals surface area contributed by atoms with Crippen molar-refractivity contribution in [1.82, 2.24) is 9.80 Å². The number of ether oxygens (including phenoxy) is 1. The zero-order valence-electron chi connectivity index (χ0n) is 14.4. The largest absolute Gasteiger partial charge is 0.375 e. The lowest BCUT2D eigenvalue weighted by Crippen LogP contribution is -2.51. The van der Waals surface area contributed by atoms with Crippen LogP contribution in [0.4, 0.5) is 0 Å². The van der Waals surface area contributed by atoms with Crippen LogP contribution in [0.1, 0.15) is 10.4 Å². The van der Waals surface area contributed by atoms with Gasteiger partial charge in [-0.3, -0.25) is 9.59 Å². The molecule has 1 aliphatic heterocycles. The van der Waals surface area contributed by atoms with Crippen LogP contribution in [-0.2, 0) is 9.53 Å². The van der Waals surface area contributed by atoms with Gasteiger partial charge in [0.05, 0.1) is 0 Å². The minimum Gasteiger partial charge on any atom is -0.375 e. The van der Waals surface area contributed by atoms with Crippen LogP contribution in [-0.4, -0.2) is 61.5 Å². The number of benzene rings is 2. The second-order valence-corrected chi connectivity index (χ2v) is 6.05. The summed E-state index contributed by atoms with van der Waals surface area (Å²) in [6.45, 7) is 2.30. The van der Waals surface area contributed by atoms with E-state index in [0.29, 0.717) is 31.7 Å². The first kappa shape index (κ1) is 17.2. The van der Waals surface area contributed by atoms with Gasteiger partial charge in [-0.2, -0.15) is 0 Å². The molecule has 130 valence electrons.